The number of hydrogen-bond acceptors (Lipinski definition) is 3. The number of carbonyl (C=O) groups excluding carboxylic acids is 1. The number of hydrazone groups is 1. The summed E-state index contributed by atoms with van der Waals surface area (Å²) in [6.07, 6.45) is 3.48. The highest BCUT2D eigenvalue weighted by Gasteiger charge is 2.16. The van der Waals surface area contributed by atoms with Crippen molar-refractivity contribution in [3.05, 3.63) is 57.1 Å². The highest BCUT2D eigenvalue weighted by Crippen LogP contribution is 2.36. The molecule has 0 bridgehead atoms. The van der Waals surface area contributed by atoms with Crippen molar-refractivity contribution in [3.63, 3.8) is 0 Å². The van der Waals surface area contributed by atoms with Gasteiger partial charge in [0.1, 0.15) is 4.88 Å². The third kappa shape index (κ3) is 2.88. The molecule has 7 heteroatoms. The zero-order valence-electron chi connectivity index (χ0n) is 11.5. The van der Waals surface area contributed by atoms with E-state index in [-0.39, 0.29) is 5.91 Å². The van der Waals surface area contributed by atoms with Gasteiger partial charge >= 0.3 is 0 Å². The van der Waals surface area contributed by atoms with Crippen molar-refractivity contribution in [2.45, 2.75) is 0 Å². The number of nitrogens with zero attached hydrogens (tertiary/aromatic N) is 2. The minimum Gasteiger partial charge on any atom is -0.350 e. The summed E-state index contributed by atoms with van der Waals surface area (Å²) >= 11 is 13.5. The second kappa shape index (κ2) is 6.12. The fourth-order valence-corrected chi connectivity index (χ4v) is 3.68. The summed E-state index contributed by atoms with van der Waals surface area (Å²) in [5.74, 6) is -0.340. The van der Waals surface area contributed by atoms with Crippen molar-refractivity contribution in [1.29, 1.82) is 0 Å². The number of benzene rings is 1. The average Bonchev–Trinajstić information content (AvgIpc) is 3.03. The van der Waals surface area contributed by atoms with Gasteiger partial charge in [-0.1, -0.05) is 29.3 Å². The van der Waals surface area contributed by atoms with Crippen LogP contribution >= 0.6 is 34.5 Å². The zero-order chi connectivity index (χ0) is 15.7. The van der Waals surface area contributed by atoms with E-state index in [1.54, 1.807) is 24.4 Å². The number of amides is 1. The number of rotatable bonds is 3. The van der Waals surface area contributed by atoms with Crippen LogP contribution in [0.2, 0.25) is 10.0 Å². The van der Waals surface area contributed by atoms with Crippen LogP contribution in [0.5, 0.6) is 0 Å². The Bertz CT molecular complexity index is 882. The van der Waals surface area contributed by atoms with Crippen LogP contribution in [0.3, 0.4) is 0 Å². The maximum Gasteiger partial charge on any atom is 0.283 e. The monoisotopic (exact) mass is 351 g/mol. The van der Waals surface area contributed by atoms with Gasteiger partial charge in [0, 0.05) is 28.4 Å². The number of aryl methyl sites for hydroxylation is 1. The molecular formula is C15H11Cl2N3OS. The molecule has 22 heavy (non-hydrogen) atoms. The van der Waals surface area contributed by atoms with E-state index in [1.807, 2.05) is 29.9 Å². The minimum atomic E-state index is -0.340. The summed E-state index contributed by atoms with van der Waals surface area (Å²) in [7, 11) is 1.90. The highest BCUT2D eigenvalue weighted by atomic mass is 35.5. The van der Waals surface area contributed by atoms with Gasteiger partial charge in [0.2, 0.25) is 0 Å². The molecule has 4 nitrogen and oxygen atoms in total. The van der Waals surface area contributed by atoms with E-state index < -0.39 is 0 Å². The summed E-state index contributed by atoms with van der Waals surface area (Å²) in [6.45, 7) is 0. The van der Waals surface area contributed by atoms with Crippen molar-refractivity contribution in [2.24, 2.45) is 12.1 Å². The van der Waals surface area contributed by atoms with Gasteiger partial charge in [0.25, 0.3) is 5.91 Å². The van der Waals surface area contributed by atoms with E-state index in [2.05, 4.69) is 10.5 Å². The SMILES string of the molecule is Cn1cccc1C=NNC(=O)c1sc2cc(Cl)ccc2c1Cl. The minimum absolute atomic E-state index is 0.340. The van der Waals surface area contributed by atoms with E-state index in [9.17, 15) is 4.79 Å². The van der Waals surface area contributed by atoms with Crippen LogP contribution in [-0.2, 0) is 7.05 Å². The molecule has 1 N–H and O–H groups in total. The molecule has 2 heterocycles. The van der Waals surface area contributed by atoms with E-state index in [0.29, 0.717) is 14.9 Å². The van der Waals surface area contributed by atoms with Crippen LogP contribution in [0.15, 0.2) is 41.6 Å². The molecule has 0 aliphatic heterocycles. The number of nitrogens with one attached hydrogen (secondary N) is 1. The van der Waals surface area contributed by atoms with Crippen LogP contribution in [0, 0.1) is 0 Å². The standard InChI is InChI=1S/C15H11Cl2N3OS/c1-20-6-2-3-10(20)8-18-19-15(21)14-13(17)11-5-4-9(16)7-12(11)22-14/h2-8H,1H3,(H,19,21). The lowest BCUT2D eigenvalue weighted by Gasteiger charge is -1.98. The van der Waals surface area contributed by atoms with Gasteiger partial charge in [-0.3, -0.25) is 4.79 Å². The van der Waals surface area contributed by atoms with E-state index in [0.717, 1.165) is 15.8 Å². The molecule has 0 aliphatic carbocycles. The molecular weight excluding hydrogens is 341 g/mol. The Hall–Kier alpha value is -1.82. The van der Waals surface area contributed by atoms with E-state index in [4.69, 9.17) is 23.2 Å². The van der Waals surface area contributed by atoms with Crippen LogP contribution < -0.4 is 5.43 Å². The molecule has 0 fully saturated rings. The predicted molar refractivity (Wildman–Crippen MR) is 92.3 cm³/mol. The topological polar surface area (TPSA) is 46.4 Å². The first-order valence-electron chi connectivity index (χ1n) is 6.38. The summed E-state index contributed by atoms with van der Waals surface area (Å²) in [5.41, 5.74) is 3.37. The van der Waals surface area contributed by atoms with E-state index >= 15 is 0 Å². The number of carbonyl (C=O) groups is 1. The second-order valence-electron chi connectivity index (χ2n) is 4.63. The van der Waals surface area contributed by atoms with Gasteiger partial charge in [0.05, 0.1) is 16.9 Å². The molecule has 0 unspecified atom stereocenters. The highest BCUT2D eigenvalue weighted by molar-refractivity contribution is 7.21. The van der Waals surface area contributed by atoms with Crippen LogP contribution in [0.25, 0.3) is 10.1 Å². The van der Waals surface area contributed by atoms with Crippen molar-refractivity contribution >= 4 is 56.7 Å². The zero-order valence-corrected chi connectivity index (χ0v) is 13.8. The van der Waals surface area contributed by atoms with Gasteiger partial charge in [-0.25, -0.2) is 5.43 Å². The number of fused-ring (bicyclic) bond motifs is 1. The molecule has 3 aromatic rings. The lowest BCUT2D eigenvalue weighted by molar-refractivity contribution is 0.0959. The molecule has 1 amide bonds. The summed E-state index contributed by atoms with van der Waals surface area (Å²) in [5, 5.41) is 5.80. The first-order chi connectivity index (χ1) is 10.6. The van der Waals surface area contributed by atoms with Gasteiger partial charge in [-0.2, -0.15) is 5.10 Å². The Morgan fingerprint density at radius 1 is 1.36 bits per heavy atom. The van der Waals surface area contributed by atoms with Gasteiger partial charge in [0.15, 0.2) is 0 Å². The van der Waals surface area contributed by atoms with Gasteiger partial charge in [-0.05, 0) is 24.3 Å². The normalized spacial score (nSPS) is 11.4. The number of aromatic nitrogens is 1. The lowest BCUT2D eigenvalue weighted by Crippen LogP contribution is -2.16. The Morgan fingerprint density at radius 2 is 2.18 bits per heavy atom. The summed E-state index contributed by atoms with van der Waals surface area (Å²) in [6, 6.07) is 9.13. The molecule has 0 aliphatic rings. The Morgan fingerprint density at radius 3 is 2.91 bits per heavy atom. The molecule has 0 radical (unpaired) electrons. The van der Waals surface area contributed by atoms with Crippen molar-refractivity contribution < 1.29 is 4.79 Å². The molecule has 0 saturated carbocycles. The van der Waals surface area contributed by atoms with Crippen molar-refractivity contribution in [1.82, 2.24) is 9.99 Å². The molecule has 0 saturated heterocycles. The molecule has 0 spiro atoms. The average molecular weight is 352 g/mol. The Kier molecular flexibility index (Phi) is 4.20. The third-order valence-corrected chi connectivity index (χ3v) is 5.04. The van der Waals surface area contributed by atoms with E-state index in [1.165, 1.54) is 11.3 Å². The maximum absolute atomic E-state index is 12.2. The lowest BCUT2D eigenvalue weighted by atomic mass is 10.2. The summed E-state index contributed by atoms with van der Waals surface area (Å²) < 4.78 is 2.76. The fraction of sp³-hybridized carbons (Fsp3) is 0.0667. The van der Waals surface area contributed by atoms with Crippen molar-refractivity contribution in [3.8, 4) is 0 Å². The fourth-order valence-electron chi connectivity index (χ4n) is 2.00. The molecule has 112 valence electrons. The Labute approximate surface area is 141 Å². The van der Waals surface area contributed by atoms with Crippen LogP contribution in [0.4, 0.5) is 0 Å². The van der Waals surface area contributed by atoms with Gasteiger partial charge < -0.3 is 4.57 Å². The molecule has 2 aromatic heterocycles. The summed E-state index contributed by atoms with van der Waals surface area (Å²) in [4.78, 5) is 12.6. The number of thiophene rings is 1. The predicted octanol–water partition coefficient (Wildman–Crippen LogP) is 4.31. The number of halogens is 2. The quantitative estimate of drug-likeness (QED) is 0.554. The smallest absolute Gasteiger partial charge is 0.283 e. The third-order valence-electron chi connectivity index (χ3n) is 3.14. The maximum atomic E-state index is 12.2. The largest absolute Gasteiger partial charge is 0.350 e. The molecule has 1 aromatic carbocycles. The van der Waals surface area contributed by atoms with Crippen molar-refractivity contribution in [2.75, 3.05) is 0 Å². The molecule has 3 rings (SSSR count). The van der Waals surface area contributed by atoms with Crippen LogP contribution in [-0.4, -0.2) is 16.7 Å². The number of hydrogen-bond donors (Lipinski definition) is 1. The second-order valence-corrected chi connectivity index (χ2v) is 6.50. The van der Waals surface area contributed by atoms with Crippen LogP contribution in [0.1, 0.15) is 15.4 Å². The first kappa shape index (κ1) is 15.1. The van der Waals surface area contributed by atoms with Gasteiger partial charge in [-0.15, -0.1) is 11.3 Å². The molecule has 0 atom stereocenters. The first-order valence-corrected chi connectivity index (χ1v) is 7.96. The Balaban J connectivity index is 1.82.